The highest BCUT2D eigenvalue weighted by molar-refractivity contribution is 5.85. The van der Waals surface area contributed by atoms with E-state index in [2.05, 4.69) is 46.3 Å². The lowest BCUT2D eigenvalue weighted by molar-refractivity contribution is 0.680. The van der Waals surface area contributed by atoms with Crippen LogP contribution < -0.4 is 5.73 Å². The third kappa shape index (κ3) is 3.48. The van der Waals surface area contributed by atoms with Gasteiger partial charge in [0, 0.05) is 30.6 Å². The number of aromatic nitrogens is 4. The maximum absolute atomic E-state index is 6.02. The van der Waals surface area contributed by atoms with Crippen LogP contribution in [0.3, 0.4) is 0 Å². The summed E-state index contributed by atoms with van der Waals surface area (Å²) < 4.78 is 3.66. The molecule has 0 unspecified atom stereocenters. The number of nitrogens with two attached hydrogens (primary N) is 1. The molecule has 0 spiro atoms. The van der Waals surface area contributed by atoms with Crippen molar-refractivity contribution in [1.82, 2.24) is 19.4 Å². The van der Waals surface area contributed by atoms with Gasteiger partial charge in [0.2, 0.25) is 0 Å². The van der Waals surface area contributed by atoms with Crippen LogP contribution in [0.4, 0.5) is 0 Å². The molecule has 0 saturated heterocycles. The minimum Gasteiger partial charge on any atom is -0.316 e. The molecule has 5 heteroatoms. The van der Waals surface area contributed by atoms with Crippen molar-refractivity contribution in [2.75, 3.05) is 0 Å². The lowest BCUT2D eigenvalue weighted by Gasteiger charge is -2.08. The Hall–Kier alpha value is -3.36. The van der Waals surface area contributed by atoms with E-state index in [4.69, 9.17) is 5.73 Å². The summed E-state index contributed by atoms with van der Waals surface area (Å²) in [6.07, 6.45) is 7.69. The molecule has 2 N–H and O–H groups in total. The van der Waals surface area contributed by atoms with Gasteiger partial charge in [-0.1, -0.05) is 36.1 Å². The molecule has 1 aromatic carbocycles. The Labute approximate surface area is 158 Å². The van der Waals surface area contributed by atoms with Crippen molar-refractivity contribution < 1.29 is 0 Å². The van der Waals surface area contributed by atoms with E-state index in [1.54, 1.807) is 4.68 Å². The van der Waals surface area contributed by atoms with Gasteiger partial charge >= 0.3 is 0 Å². The summed E-state index contributed by atoms with van der Waals surface area (Å²) in [5, 5.41) is 8.72. The third-order valence-electron chi connectivity index (χ3n) is 4.29. The van der Waals surface area contributed by atoms with Crippen LogP contribution in [0.15, 0.2) is 61.2 Å². The van der Waals surface area contributed by atoms with Crippen molar-refractivity contribution in [2.24, 2.45) is 12.8 Å². The fraction of sp³-hybridized carbons (Fsp3) is 0.182. The number of fused-ring (bicyclic) bond motifs is 1. The van der Waals surface area contributed by atoms with Crippen LogP contribution in [-0.4, -0.2) is 24.9 Å². The van der Waals surface area contributed by atoms with Crippen LogP contribution in [0.25, 0.3) is 27.8 Å². The topological polar surface area (TPSA) is 61.1 Å². The third-order valence-corrected chi connectivity index (χ3v) is 4.29. The van der Waals surface area contributed by atoms with E-state index in [9.17, 15) is 0 Å². The van der Waals surface area contributed by atoms with Crippen molar-refractivity contribution in [2.45, 2.75) is 19.4 Å². The molecule has 3 heterocycles. The van der Waals surface area contributed by atoms with E-state index in [0.717, 1.165) is 33.3 Å². The van der Waals surface area contributed by atoms with E-state index in [1.165, 1.54) is 0 Å². The quantitative estimate of drug-likeness (QED) is 0.560. The molecule has 0 fully saturated rings. The molecule has 27 heavy (non-hydrogen) atoms. The van der Waals surface area contributed by atoms with Gasteiger partial charge in [0.15, 0.2) is 0 Å². The Morgan fingerprint density at radius 3 is 2.37 bits per heavy atom. The zero-order chi connectivity index (χ0) is 19.0. The van der Waals surface area contributed by atoms with E-state index >= 15 is 0 Å². The number of nitrogens with zero attached hydrogens (tertiary/aromatic N) is 4. The smallest absolute Gasteiger partial charge is 0.0896 e. The van der Waals surface area contributed by atoms with Gasteiger partial charge in [0.1, 0.15) is 0 Å². The Morgan fingerprint density at radius 2 is 1.70 bits per heavy atom. The fourth-order valence-electron chi connectivity index (χ4n) is 3.00. The van der Waals surface area contributed by atoms with Gasteiger partial charge in [0.05, 0.1) is 29.0 Å². The number of aryl methyl sites for hydroxylation is 1. The molecule has 0 saturated carbocycles. The van der Waals surface area contributed by atoms with Gasteiger partial charge in [-0.15, -0.1) is 0 Å². The van der Waals surface area contributed by atoms with Crippen LogP contribution in [0.1, 0.15) is 19.4 Å². The van der Waals surface area contributed by atoms with E-state index < -0.39 is 5.54 Å². The van der Waals surface area contributed by atoms with Gasteiger partial charge < -0.3 is 5.73 Å². The van der Waals surface area contributed by atoms with Crippen molar-refractivity contribution in [1.29, 1.82) is 0 Å². The minimum absolute atomic E-state index is 0.543. The van der Waals surface area contributed by atoms with E-state index in [-0.39, 0.29) is 0 Å². The van der Waals surface area contributed by atoms with Crippen LogP contribution >= 0.6 is 0 Å². The number of benzene rings is 1. The van der Waals surface area contributed by atoms with Crippen LogP contribution in [0.5, 0.6) is 0 Å². The molecule has 0 bridgehead atoms. The molecule has 0 radical (unpaired) electrons. The maximum atomic E-state index is 6.02. The summed E-state index contributed by atoms with van der Waals surface area (Å²) in [6.45, 7) is 3.79. The predicted octanol–water partition coefficient (Wildman–Crippen LogP) is 3.49. The first-order valence-corrected chi connectivity index (χ1v) is 8.79. The highest BCUT2D eigenvalue weighted by atomic mass is 15.2. The second-order valence-electron chi connectivity index (χ2n) is 7.23. The van der Waals surface area contributed by atoms with Gasteiger partial charge in [-0.3, -0.25) is 4.68 Å². The van der Waals surface area contributed by atoms with E-state index in [0.29, 0.717) is 0 Å². The second-order valence-corrected chi connectivity index (χ2v) is 7.23. The van der Waals surface area contributed by atoms with Gasteiger partial charge in [-0.2, -0.15) is 10.2 Å². The van der Waals surface area contributed by atoms with Gasteiger partial charge in [-0.25, -0.2) is 4.52 Å². The lowest BCUT2D eigenvalue weighted by atomic mass is 10.0. The van der Waals surface area contributed by atoms with Crippen molar-refractivity contribution >= 4 is 5.52 Å². The molecule has 4 aromatic rings. The standard InChI is InChI=1S/C22H21N5/c1-22(2,23)11-10-18-5-4-12-27-21(18)20(14-25-27)17-8-6-16(7-9-17)19-13-24-26(3)15-19/h4-9,12-15H,23H2,1-3H3. The Bertz CT molecular complexity index is 1160. The number of pyridine rings is 1. The summed E-state index contributed by atoms with van der Waals surface area (Å²) in [4.78, 5) is 0. The molecule has 0 aliphatic rings. The molecule has 0 atom stereocenters. The average molecular weight is 355 g/mol. The Morgan fingerprint density at radius 1 is 0.963 bits per heavy atom. The van der Waals surface area contributed by atoms with Crippen molar-refractivity contribution in [3.05, 3.63) is 66.7 Å². The molecular formula is C22H21N5. The highest BCUT2D eigenvalue weighted by Gasteiger charge is 2.11. The Kier molecular flexibility index (Phi) is 4.06. The first kappa shape index (κ1) is 17.1. The predicted molar refractivity (Wildman–Crippen MR) is 108 cm³/mol. The zero-order valence-corrected chi connectivity index (χ0v) is 15.6. The fourth-order valence-corrected chi connectivity index (χ4v) is 3.00. The summed E-state index contributed by atoms with van der Waals surface area (Å²) in [5.41, 5.74) is 11.8. The maximum Gasteiger partial charge on any atom is 0.0896 e. The summed E-state index contributed by atoms with van der Waals surface area (Å²) in [6, 6.07) is 12.4. The molecule has 0 amide bonds. The second kappa shape index (κ2) is 6.42. The van der Waals surface area contributed by atoms with Crippen LogP contribution in [0.2, 0.25) is 0 Å². The van der Waals surface area contributed by atoms with Gasteiger partial charge in [-0.05, 0) is 37.1 Å². The number of rotatable bonds is 2. The highest BCUT2D eigenvalue weighted by Crippen LogP contribution is 2.29. The first-order chi connectivity index (χ1) is 12.9. The van der Waals surface area contributed by atoms with Crippen LogP contribution in [-0.2, 0) is 7.05 Å². The minimum atomic E-state index is -0.543. The van der Waals surface area contributed by atoms with Crippen molar-refractivity contribution in [3.8, 4) is 34.1 Å². The SMILES string of the molecule is Cn1cc(-c2ccc(-c3cnn4cccc(C#CC(C)(C)N)c34)cc2)cn1. The Balaban J connectivity index is 1.79. The summed E-state index contributed by atoms with van der Waals surface area (Å²) >= 11 is 0. The van der Waals surface area contributed by atoms with Crippen molar-refractivity contribution in [3.63, 3.8) is 0 Å². The summed E-state index contributed by atoms with van der Waals surface area (Å²) in [5.74, 6) is 6.33. The molecule has 3 aromatic heterocycles. The molecular weight excluding hydrogens is 334 g/mol. The molecule has 134 valence electrons. The normalized spacial score (nSPS) is 11.4. The van der Waals surface area contributed by atoms with Gasteiger partial charge in [0.25, 0.3) is 0 Å². The summed E-state index contributed by atoms with van der Waals surface area (Å²) in [7, 11) is 1.92. The molecule has 5 nitrogen and oxygen atoms in total. The largest absolute Gasteiger partial charge is 0.316 e. The molecule has 4 rings (SSSR count). The average Bonchev–Trinajstić information content (AvgIpc) is 3.26. The first-order valence-electron chi connectivity index (χ1n) is 8.79. The molecule has 0 aliphatic carbocycles. The number of hydrogen-bond acceptors (Lipinski definition) is 3. The van der Waals surface area contributed by atoms with Crippen LogP contribution in [0, 0.1) is 11.8 Å². The van der Waals surface area contributed by atoms with E-state index in [1.807, 2.05) is 62.3 Å². The lowest BCUT2D eigenvalue weighted by Crippen LogP contribution is -2.29. The number of hydrogen-bond donors (Lipinski definition) is 1. The zero-order valence-electron chi connectivity index (χ0n) is 15.6. The monoisotopic (exact) mass is 355 g/mol. The molecule has 0 aliphatic heterocycles.